The molecule has 112 valence electrons. The summed E-state index contributed by atoms with van der Waals surface area (Å²) < 4.78 is 4.93. The van der Waals surface area contributed by atoms with E-state index in [1.165, 1.54) is 58.4 Å². The van der Waals surface area contributed by atoms with Gasteiger partial charge >= 0.3 is 0 Å². The van der Waals surface area contributed by atoms with Crippen molar-refractivity contribution in [1.29, 1.82) is 0 Å². The summed E-state index contributed by atoms with van der Waals surface area (Å²) in [7, 11) is 2.21. The van der Waals surface area contributed by atoms with E-state index in [1.54, 1.807) is 0 Å². The molecule has 0 N–H and O–H groups in total. The molecule has 0 fully saturated rings. The lowest BCUT2D eigenvalue weighted by molar-refractivity contribution is -0.660. The highest BCUT2D eigenvalue weighted by Gasteiger charge is 2.28. The number of aromatic nitrogens is 2. The molecule has 4 rings (SSSR count). The number of nitrogens with zero attached hydrogens (tertiary/aromatic N) is 2. The zero-order valence-electron chi connectivity index (χ0n) is 13.7. The molecule has 22 heavy (non-hydrogen) atoms. The van der Waals surface area contributed by atoms with Crippen molar-refractivity contribution < 1.29 is 4.57 Å². The average Bonchev–Trinajstić information content (AvgIpc) is 2.66. The van der Waals surface area contributed by atoms with E-state index in [2.05, 4.69) is 66.4 Å². The van der Waals surface area contributed by atoms with Gasteiger partial charge in [0, 0.05) is 5.56 Å². The first kappa shape index (κ1) is 13.6. The first-order chi connectivity index (χ1) is 10.7. The van der Waals surface area contributed by atoms with Crippen LogP contribution in [0.25, 0.3) is 22.4 Å². The summed E-state index contributed by atoms with van der Waals surface area (Å²) in [6, 6.07) is 13.6. The predicted octanol–water partition coefficient (Wildman–Crippen LogP) is 4.09. The Morgan fingerprint density at radius 3 is 2.73 bits per heavy atom. The van der Waals surface area contributed by atoms with Crippen LogP contribution in [0.15, 0.2) is 36.4 Å². The van der Waals surface area contributed by atoms with Crippen LogP contribution < -0.4 is 4.57 Å². The summed E-state index contributed by atoms with van der Waals surface area (Å²) in [5.41, 5.74) is 8.35. The SMILES string of the molecule is Cc1ccc(-c2n(C)c3cccc4c3[n+]2CCCC4)c(C)c1. The lowest BCUT2D eigenvalue weighted by Gasteiger charge is -2.06. The van der Waals surface area contributed by atoms with Crippen LogP contribution >= 0.6 is 0 Å². The molecule has 1 aromatic heterocycles. The smallest absolute Gasteiger partial charge is 0.226 e. The maximum absolute atomic E-state index is 2.55. The molecule has 2 heterocycles. The monoisotopic (exact) mass is 291 g/mol. The van der Waals surface area contributed by atoms with Gasteiger partial charge in [-0.1, -0.05) is 29.8 Å². The third-order valence-electron chi connectivity index (χ3n) is 5.00. The van der Waals surface area contributed by atoms with Crippen LogP contribution in [0, 0.1) is 13.8 Å². The highest BCUT2D eigenvalue weighted by Crippen LogP contribution is 2.29. The summed E-state index contributed by atoms with van der Waals surface area (Å²) >= 11 is 0. The summed E-state index contributed by atoms with van der Waals surface area (Å²) in [6.45, 7) is 5.51. The lowest BCUT2D eigenvalue weighted by atomic mass is 10.0. The van der Waals surface area contributed by atoms with Gasteiger partial charge in [0.2, 0.25) is 0 Å². The van der Waals surface area contributed by atoms with E-state index in [1.807, 2.05) is 0 Å². The predicted molar refractivity (Wildman–Crippen MR) is 91.0 cm³/mol. The maximum atomic E-state index is 2.55. The number of hydrogen-bond donors (Lipinski definition) is 0. The highest BCUT2D eigenvalue weighted by atomic mass is 15.2. The fourth-order valence-corrected chi connectivity index (χ4v) is 3.96. The van der Waals surface area contributed by atoms with Gasteiger partial charge in [0.15, 0.2) is 11.0 Å². The van der Waals surface area contributed by atoms with Crippen LogP contribution in [-0.4, -0.2) is 4.57 Å². The second-order valence-corrected chi connectivity index (χ2v) is 6.59. The zero-order chi connectivity index (χ0) is 15.3. The van der Waals surface area contributed by atoms with Crippen molar-refractivity contribution in [3.8, 4) is 11.4 Å². The molecule has 0 saturated carbocycles. The van der Waals surface area contributed by atoms with Gasteiger partial charge in [0.1, 0.15) is 0 Å². The first-order valence-electron chi connectivity index (χ1n) is 8.24. The van der Waals surface area contributed by atoms with Gasteiger partial charge in [-0.25, -0.2) is 9.13 Å². The number of rotatable bonds is 1. The molecule has 0 unspecified atom stereocenters. The van der Waals surface area contributed by atoms with E-state index in [-0.39, 0.29) is 0 Å². The molecule has 1 aliphatic rings. The Bertz CT molecular complexity index is 871. The Morgan fingerprint density at radius 1 is 1.05 bits per heavy atom. The summed E-state index contributed by atoms with van der Waals surface area (Å²) in [5, 5.41) is 0. The molecule has 2 aromatic carbocycles. The maximum Gasteiger partial charge on any atom is 0.289 e. The van der Waals surface area contributed by atoms with Crippen molar-refractivity contribution >= 4 is 11.0 Å². The van der Waals surface area contributed by atoms with Crippen molar-refractivity contribution in [1.82, 2.24) is 4.57 Å². The van der Waals surface area contributed by atoms with Crippen LogP contribution in [0.5, 0.6) is 0 Å². The minimum absolute atomic E-state index is 1.12. The van der Waals surface area contributed by atoms with Crippen molar-refractivity contribution in [2.45, 2.75) is 39.7 Å². The molecule has 0 bridgehead atoms. The van der Waals surface area contributed by atoms with Crippen molar-refractivity contribution in [2.24, 2.45) is 7.05 Å². The van der Waals surface area contributed by atoms with Gasteiger partial charge in [-0.3, -0.25) is 0 Å². The number of hydrogen-bond acceptors (Lipinski definition) is 0. The number of imidazole rings is 1. The average molecular weight is 291 g/mol. The summed E-state index contributed by atoms with van der Waals surface area (Å²) in [5.74, 6) is 1.35. The second-order valence-electron chi connectivity index (χ2n) is 6.59. The largest absolute Gasteiger partial charge is 0.289 e. The van der Waals surface area contributed by atoms with E-state index >= 15 is 0 Å². The van der Waals surface area contributed by atoms with Crippen molar-refractivity contribution in [3.05, 3.63) is 53.1 Å². The van der Waals surface area contributed by atoms with Gasteiger partial charge in [-0.05, 0) is 50.8 Å². The van der Waals surface area contributed by atoms with Gasteiger partial charge in [-0.2, -0.15) is 0 Å². The molecule has 2 heteroatoms. The van der Waals surface area contributed by atoms with Gasteiger partial charge in [0.25, 0.3) is 5.82 Å². The van der Waals surface area contributed by atoms with Crippen LogP contribution in [0.2, 0.25) is 0 Å². The van der Waals surface area contributed by atoms with Crippen molar-refractivity contribution in [2.75, 3.05) is 0 Å². The molecule has 0 amide bonds. The van der Waals surface area contributed by atoms with Crippen LogP contribution in [0.4, 0.5) is 0 Å². The standard InChI is InChI=1S/C20H23N2/c1-14-10-11-17(15(2)13-14)20-21(3)18-9-6-8-16-7-4-5-12-22(20)19(16)18/h6,8-11,13H,4-5,7,12H2,1-3H3/q+1. The lowest BCUT2D eigenvalue weighted by Crippen LogP contribution is -2.35. The fraction of sp³-hybridized carbons (Fsp3) is 0.350. The Labute approximate surface area is 132 Å². The summed E-state index contributed by atoms with van der Waals surface area (Å²) in [6.07, 6.45) is 3.75. The molecule has 0 radical (unpaired) electrons. The minimum atomic E-state index is 1.12. The van der Waals surface area contributed by atoms with Crippen molar-refractivity contribution in [3.63, 3.8) is 0 Å². The highest BCUT2D eigenvalue weighted by molar-refractivity contribution is 5.79. The van der Waals surface area contributed by atoms with E-state index in [9.17, 15) is 0 Å². The summed E-state index contributed by atoms with van der Waals surface area (Å²) in [4.78, 5) is 0. The molecule has 3 aromatic rings. The molecular formula is C20H23N2+. The molecular weight excluding hydrogens is 268 g/mol. The first-order valence-corrected chi connectivity index (χ1v) is 8.24. The second kappa shape index (κ2) is 4.98. The third-order valence-corrected chi connectivity index (χ3v) is 5.00. The Balaban J connectivity index is 2.09. The molecule has 2 nitrogen and oxygen atoms in total. The van der Waals surface area contributed by atoms with Crippen LogP contribution in [0.3, 0.4) is 0 Å². The third kappa shape index (κ3) is 1.90. The van der Waals surface area contributed by atoms with Crippen LogP contribution in [0.1, 0.15) is 29.5 Å². The van der Waals surface area contributed by atoms with Crippen LogP contribution in [-0.2, 0) is 20.0 Å². The van der Waals surface area contributed by atoms with E-state index in [4.69, 9.17) is 0 Å². The fourth-order valence-electron chi connectivity index (χ4n) is 3.96. The number of aryl methyl sites for hydroxylation is 5. The Hall–Kier alpha value is -2.09. The minimum Gasteiger partial charge on any atom is -0.226 e. The number of benzene rings is 2. The Morgan fingerprint density at radius 2 is 1.91 bits per heavy atom. The molecule has 0 aliphatic carbocycles. The van der Waals surface area contributed by atoms with E-state index in [0.717, 1.165) is 6.54 Å². The van der Waals surface area contributed by atoms with E-state index in [0.29, 0.717) is 0 Å². The quantitative estimate of drug-likeness (QED) is 0.597. The Kier molecular flexibility index (Phi) is 3.07. The normalized spacial score (nSPS) is 14.3. The molecule has 1 aliphatic heterocycles. The number of para-hydroxylation sites is 1. The van der Waals surface area contributed by atoms with Gasteiger partial charge in [-0.15, -0.1) is 0 Å². The molecule has 0 spiro atoms. The van der Waals surface area contributed by atoms with E-state index < -0.39 is 0 Å². The zero-order valence-corrected chi connectivity index (χ0v) is 13.7. The molecule has 0 atom stereocenters. The molecule has 0 saturated heterocycles. The van der Waals surface area contributed by atoms with Gasteiger partial charge < -0.3 is 0 Å². The topological polar surface area (TPSA) is 8.81 Å². The van der Waals surface area contributed by atoms with Gasteiger partial charge in [0.05, 0.1) is 19.2 Å².